The molecule has 2 aromatic rings. The molecule has 16 heteroatoms. The average Bonchev–Trinajstić information content (AvgIpc) is 2.62. The molecule has 0 aromatic heterocycles. The summed E-state index contributed by atoms with van der Waals surface area (Å²) in [6.07, 6.45) is -24.3. The van der Waals surface area contributed by atoms with Crippen LogP contribution in [0.2, 0.25) is 0 Å². The Hall–Kier alpha value is -2.49. The molecular formula is C18H10F12O3S. The van der Waals surface area contributed by atoms with Crippen LogP contribution in [0.5, 0.6) is 0 Å². The molecule has 2 rings (SSSR count). The number of hydrogen-bond acceptors (Lipinski definition) is 3. The zero-order valence-electron chi connectivity index (χ0n) is 16.2. The summed E-state index contributed by atoms with van der Waals surface area (Å²) >= 11 is 0. The van der Waals surface area contributed by atoms with Crippen molar-refractivity contribution < 1.29 is 65.3 Å². The van der Waals surface area contributed by atoms with Crippen LogP contribution in [0.15, 0.2) is 36.4 Å². The first kappa shape index (κ1) is 27.8. The van der Waals surface area contributed by atoms with Crippen LogP contribution >= 0.6 is 0 Å². The van der Waals surface area contributed by atoms with Crippen molar-refractivity contribution in [3.63, 3.8) is 0 Å². The van der Waals surface area contributed by atoms with Crippen LogP contribution in [0.4, 0.5) is 52.7 Å². The molecule has 0 spiro atoms. The fourth-order valence-electron chi connectivity index (χ4n) is 2.74. The minimum Gasteiger partial charge on any atom is -0.257 e. The van der Waals surface area contributed by atoms with E-state index >= 15 is 0 Å². The van der Waals surface area contributed by atoms with Gasteiger partial charge in [0.25, 0.3) is 10.1 Å². The molecule has 190 valence electrons. The summed E-state index contributed by atoms with van der Waals surface area (Å²) in [5.41, 5.74) is -10.6. The summed E-state index contributed by atoms with van der Waals surface area (Å²) in [6, 6.07) is -1.02. The molecule has 0 aliphatic rings. The number of alkyl halides is 12. The molecule has 0 N–H and O–H groups in total. The Morgan fingerprint density at radius 2 is 0.794 bits per heavy atom. The quantitative estimate of drug-likeness (QED) is 0.319. The molecule has 2 aromatic carbocycles. The van der Waals surface area contributed by atoms with E-state index in [1.807, 2.05) is 0 Å². The monoisotopic (exact) mass is 534 g/mol. The third-order valence-corrected chi connectivity index (χ3v) is 4.64. The van der Waals surface area contributed by atoms with Gasteiger partial charge in [-0.2, -0.15) is 61.1 Å². The number of halogens is 12. The van der Waals surface area contributed by atoms with E-state index in [0.717, 1.165) is 0 Å². The number of hydrogen-bond donors (Lipinski definition) is 0. The summed E-state index contributed by atoms with van der Waals surface area (Å²) in [7, 11) is -4.84. The van der Waals surface area contributed by atoms with Crippen molar-refractivity contribution in [2.24, 2.45) is 0 Å². The largest absolute Gasteiger partial charge is 0.416 e. The third-order valence-electron chi connectivity index (χ3n) is 4.10. The van der Waals surface area contributed by atoms with Gasteiger partial charge in [-0.15, -0.1) is 0 Å². The Morgan fingerprint density at radius 1 is 0.559 bits per heavy atom. The van der Waals surface area contributed by atoms with E-state index in [0.29, 0.717) is 0 Å². The topological polar surface area (TPSA) is 43.4 Å². The van der Waals surface area contributed by atoms with Crippen molar-refractivity contribution in [2.75, 3.05) is 6.26 Å². The lowest BCUT2D eigenvalue weighted by atomic mass is 9.94. The Kier molecular flexibility index (Phi) is 7.04. The molecule has 0 bridgehead atoms. The van der Waals surface area contributed by atoms with Gasteiger partial charge in [0.15, 0.2) is 0 Å². The van der Waals surface area contributed by atoms with E-state index in [9.17, 15) is 61.1 Å². The van der Waals surface area contributed by atoms with Crippen molar-refractivity contribution in [1.29, 1.82) is 0 Å². The molecule has 0 atom stereocenters. The number of rotatable bonds is 4. The lowest BCUT2D eigenvalue weighted by Crippen LogP contribution is -2.18. The summed E-state index contributed by atoms with van der Waals surface area (Å²) in [5, 5.41) is 0. The van der Waals surface area contributed by atoms with Gasteiger partial charge in [0.05, 0.1) is 28.5 Å². The predicted molar refractivity (Wildman–Crippen MR) is 90.7 cm³/mol. The van der Waals surface area contributed by atoms with Crippen LogP contribution < -0.4 is 0 Å². The molecule has 0 aliphatic carbocycles. The van der Waals surface area contributed by atoms with Crippen molar-refractivity contribution in [1.82, 2.24) is 0 Å². The van der Waals surface area contributed by atoms with Gasteiger partial charge < -0.3 is 0 Å². The van der Waals surface area contributed by atoms with Crippen molar-refractivity contribution in [3.05, 3.63) is 69.8 Å². The molecule has 0 amide bonds. The number of benzene rings is 2. The first-order valence-electron chi connectivity index (χ1n) is 8.45. The molecule has 0 fully saturated rings. The van der Waals surface area contributed by atoms with Crippen LogP contribution in [-0.4, -0.2) is 14.7 Å². The molecular weight excluding hydrogens is 524 g/mol. The van der Waals surface area contributed by atoms with Crippen LogP contribution in [0.25, 0.3) is 0 Å². The molecule has 0 radical (unpaired) electrons. The molecule has 0 aliphatic heterocycles. The van der Waals surface area contributed by atoms with Crippen LogP contribution in [0, 0.1) is 0 Å². The van der Waals surface area contributed by atoms with Crippen molar-refractivity contribution in [3.8, 4) is 0 Å². The molecule has 34 heavy (non-hydrogen) atoms. The Morgan fingerprint density at radius 3 is 0.971 bits per heavy atom. The lowest BCUT2D eigenvalue weighted by Gasteiger charge is -2.22. The van der Waals surface area contributed by atoms with Gasteiger partial charge in [-0.25, -0.2) is 0 Å². The minimum absolute atomic E-state index is 0.0708. The first-order valence-corrected chi connectivity index (χ1v) is 10.3. The zero-order valence-corrected chi connectivity index (χ0v) is 17.0. The highest BCUT2D eigenvalue weighted by Crippen LogP contribution is 2.42. The zero-order chi connectivity index (χ0) is 26.5. The smallest absolute Gasteiger partial charge is 0.257 e. The standard InChI is InChI=1S/C18H10F12O3S/c1-34(31,32)33-14(8-2-10(15(19,20)21)6-11(3-8)16(22,23)24)9-4-12(17(25,26)27)7-13(5-9)18(28,29)30/h2-7,14H,1H3. The second kappa shape index (κ2) is 8.62. The fourth-order valence-corrected chi connectivity index (χ4v) is 3.31. The maximum atomic E-state index is 13.2. The van der Waals surface area contributed by atoms with Gasteiger partial charge in [0, 0.05) is 0 Å². The summed E-state index contributed by atoms with van der Waals surface area (Å²) in [4.78, 5) is 0. The van der Waals surface area contributed by atoms with E-state index in [1.54, 1.807) is 0 Å². The Labute approximate surface area is 183 Å². The summed E-state index contributed by atoms with van der Waals surface area (Å²) in [6.45, 7) is 0. The van der Waals surface area contributed by atoms with E-state index < -0.39 is 74.3 Å². The molecule has 0 saturated heterocycles. The van der Waals surface area contributed by atoms with E-state index in [-0.39, 0.29) is 42.7 Å². The van der Waals surface area contributed by atoms with E-state index in [1.165, 1.54) is 0 Å². The van der Waals surface area contributed by atoms with Gasteiger partial charge >= 0.3 is 24.7 Å². The van der Waals surface area contributed by atoms with E-state index in [2.05, 4.69) is 4.18 Å². The SMILES string of the molecule is CS(=O)(=O)OC(c1cc(C(F)(F)F)cc(C(F)(F)F)c1)c1cc(C(F)(F)F)cc(C(F)(F)F)c1. The highest BCUT2D eigenvalue weighted by molar-refractivity contribution is 7.86. The van der Waals surface area contributed by atoms with Gasteiger partial charge in [-0.05, 0) is 47.5 Å². The van der Waals surface area contributed by atoms with Gasteiger partial charge in [-0.3, -0.25) is 4.18 Å². The van der Waals surface area contributed by atoms with Crippen LogP contribution in [0.1, 0.15) is 39.5 Å². The molecule has 0 saturated carbocycles. The Bertz CT molecular complexity index is 1020. The highest BCUT2D eigenvalue weighted by atomic mass is 32.2. The maximum Gasteiger partial charge on any atom is 0.416 e. The average molecular weight is 534 g/mol. The Balaban J connectivity index is 2.93. The predicted octanol–water partition coefficient (Wildman–Crippen LogP) is 6.83. The summed E-state index contributed by atoms with van der Waals surface area (Å²) < 4.78 is 185. The van der Waals surface area contributed by atoms with Gasteiger partial charge in [0.2, 0.25) is 0 Å². The lowest BCUT2D eigenvalue weighted by molar-refractivity contribution is -0.144. The van der Waals surface area contributed by atoms with Crippen LogP contribution in [0.3, 0.4) is 0 Å². The summed E-state index contributed by atoms with van der Waals surface area (Å²) in [5.74, 6) is 0. The second-order valence-electron chi connectivity index (χ2n) is 6.86. The van der Waals surface area contributed by atoms with Gasteiger partial charge in [-0.1, -0.05) is 0 Å². The van der Waals surface area contributed by atoms with Crippen molar-refractivity contribution in [2.45, 2.75) is 30.8 Å². The van der Waals surface area contributed by atoms with Gasteiger partial charge in [0.1, 0.15) is 6.10 Å². The second-order valence-corrected chi connectivity index (χ2v) is 8.46. The van der Waals surface area contributed by atoms with Crippen molar-refractivity contribution >= 4 is 10.1 Å². The molecule has 0 unspecified atom stereocenters. The minimum atomic E-state index is -5.45. The third kappa shape index (κ3) is 7.01. The van der Waals surface area contributed by atoms with Crippen LogP contribution in [-0.2, 0) is 39.0 Å². The first-order chi connectivity index (χ1) is 15.0. The highest BCUT2D eigenvalue weighted by Gasteiger charge is 2.40. The normalized spacial score (nSPS) is 14.1. The van der Waals surface area contributed by atoms with E-state index in [4.69, 9.17) is 0 Å². The maximum absolute atomic E-state index is 13.2. The molecule has 0 heterocycles. The molecule has 3 nitrogen and oxygen atoms in total. The fraction of sp³-hybridized carbons (Fsp3) is 0.333.